The second-order valence-electron chi connectivity index (χ2n) is 5.25. The van der Waals surface area contributed by atoms with Gasteiger partial charge >= 0.3 is 0 Å². The maximum absolute atomic E-state index is 12.1. The zero-order valence-electron chi connectivity index (χ0n) is 11.9. The smallest absolute Gasteiger partial charge is 0.264 e. The Morgan fingerprint density at radius 2 is 1.82 bits per heavy atom. The zero-order chi connectivity index (χ0) is 13.9. The topological polar surface area (TPSA) is 64.8 Å². The van der Waals surface area contributed by atoms with Crippen LogP contribution in [0.1, 0.15) is 6.92 Å². The number of nitrogens with two attached hydrogens (primary N) is 1. The Labute approximate surface area is 106 Å². The average molecular weight is 280 g/mol. The molecule has 0 fully saturated rings. The Hall–Kier alpha value is -0.293. The molecule has 1 atom stereocenters. The van der Waals surface area contributed by atoms with Gasteiger partial charge in [-0.15, -0.1) is 0 Å². The lowest BCUT2D eigenvalue weighted by Crippen LogP contribution is -2.26. The molecule has 5 nitrogen and oxygen atoms in total. The van der Waals surface area contributed by atoms with E-state index < -0.39 is 15.8 Å². The Morgan fingerprint density at radius 3 is 2.12 bits per heavy atom. The predicted octanol–water partition coefficient (Wildman–Crippen LogP) is 2.43. The first kappa shape index (κ1) is 16.7. The number of hydrogen-bond donors (Lipinski definition) is 1. The second kappa shape index (κ2) is 6.04. The van der Waals surface area contributed by atoms with Crippen molar-refractivity contribution in [2.45, 2.75) is 26.6 Å². The molecule has 0 aromatic carbocycles. The van der Waals surface area contributed by atoms with Gasteiger partial charge in [0, 0.05) is 5.57 Å². The summed E-state index contributed by atoms with van der Waals surface area (Å²) >= 11 is 0. The van der Waals surface area contributed by atoms with Crippen LogP contribution in [0.25, 0.3) is 0 Å². The van der Waals surface area contributed by atoms with Gasteiger partial charge in [-0.1, -0.05) is 0 Å². The minimum Gasteiger partial charge on any atom is -0.520 e. The zero-order valence-corrected chi connectivity index (χ0v) is 13.8. The lowest BCUT2D eigenvalue weighted by atomic mass is 10.4. The lowest BCUT2D eigenvalue weighted by molar-refractivity contribution is 0.142. The van der Waals surface area contributed by atoms with Crippen molar-refractivity contribution in [3.8, 4) is 0 Å². The fourth-order valence-electron chi connectivity index (χ4n) is 1.13. The standard InChI is InChI=1S/C10H25N2O3PSi/c1-9(8-16(11,13)12(2)3)10(14-4)15-17(5,6)7/h8H2,1-7H3,(H2,11,13)/b10-9-. The monoisotopic (exact) mass is 280 g/mol. The van der Waals surface area contributed by atoms with Crippen LogP contribution in [-0.2, 0) is 13.7 Å². The molecule has 0 aliphatic carbocycles. The molecule has 0 spiro atoms. The van der Waals surface area contributed by atoms with Crippen LogP contribution < -0.4 is 5.50 Å². The van der Waals surface area contributed by atoms with E-state index in [1.165, 1.54) is 0 Å². The van der Waals surface area contributed by atoms with Crippen LogP contribution in [-0.4, -0.2) is 40.4 Å². The highest BCUT2D eigenvalue weighted by atomic mass is 31.2. The van der Waals surface area contributed by atoms with E-state index in [1.54, 1.807) is 25.9 Å². The number of ether oxygens (including phenoxy) is 1. The SMILES string of the molecule is CO/C(O[Si](C)(C)C)=C(\C)CP(N)(=O)N(C)C. The number of methoxy groups -OCH3 is 1. The third-order valence-corrected chi connectivity index (χ3v) is 5.15. The molecule has 0 saturated carbocycles. The molecular formula is C10H25N2O3PSi. The molecule has 0 aliphatic rings. The highest BCUT2D eigenvalue weighted by Crippen LogP contribution is 2.40. The van der Waals surface area contributed by atoms with E-state index in [0.717, 1.165) is 5.57 Å². The van der Waals surface area contributed by atoms with Crippen LogP contribution in [0.2, 0.25) is 19.6 Å². The van der Waals surface area contributed by atoms with E-state index in [4.69, 9.17) is 14.7 Å². The van der Waals surface area contributed by atoms with Gasteiger partial charge in [0.2, 0.25) is 15.8 Å². The summed E-state index contributed by atoms with van der Waals surface area (Å²) in [4.78, 5) is 0. The fraction of sp³-hybridized carbons (Fsp3) is 0.800. The summed E-state index contributed by atoms with van der Waals surface area (Å²) in [6.07, 6.45) is 0.271. The first-order valence-electron chi connectivity index (χ1n) is 5.48. The summed E-state index contributed by atoms with van der Waals surface area (Å²) < 4.78 is 24.6. The summed E-state index contributed by atoms with van der Waals surface area (Å²) in [5, 5.41) is 0. The van der Waals surface area contributed by atoms with Crippen molar-refractivity contribution in [1.29, 1.82) is 0 Å². The van der Waals surface area contributed by atoms with Crippen LogP contribution in [0.5, 0.6) is 0 Å². The summed E-state index contributed by atoms with van der Waals surface area (Å²) in [5.74, 6) is 0.455. The molecular weight excluding hydrogens is 255 g/mol. The first-order chi connectivity index (χ1) is 7.49. The van der Waals surface area contributed by atoms with Crippen LogP contribution >= 0.6 is 7.44 Å². The van der Waals surface area contributed by atoms with Gasteiger partial charge in [0.15, 0.2) is 0 Å². The quantitative estimate of drug-likeness (QED) is 0.460. The Balaban J connectivity index is 4.95. The van der Waals surface area contributed by atoms with Gasteiger partial charge in [-0.25, -0.2) is 4.67 Å². The summed E-state index contributed by atoms with van der Waals surface area (Å²) in [6.45, 7) is 8.02. The number of rotatable bonds is 6. The third kappa shape index (κ3) is 6.26. The third-order valence-electron chi connectivity index (χ3n) is 2.07. The summed E-state index contributed by atoms with van der Waals surface area (Å²) in [5.41, 5.74) is 6.55. The second-order valence-corrected chi connectivity index (χ2v) is 12.3. The maximum atomic E-state index is 12.1. The molecule has 0 radical (unpaired) electrons. The van der Waals surface area contributed by atoms with Crippen LogP contribution in [0.4, 0.5) is 0 Å². The lowest BCUT2D eigenvalue weighted by Gasteiger charge is -2.25. The summed E-state index contributed by atoms with van der Waals surface area (Å²) in [6, 6.07) is 0. The molecule has 102 valence electrons. The van der Waals surface area contributed by atoms with E-state index in [1.807, 2.05) is 6.92 Å². The molecule has 0 saturated heterocycles. The van der Waals surface area contributed by atoms with Gasteiger partial charge in [-0.05, 0) is 40.7 Å². The minimum atomic E-state index is -2.82. The first-order valence-corrected chi connectivity index (χ1v) is 10.8. The van der Waals surface area contributed by atoms with Crippen molar-refractivity contribution in [2.75, 3.05) is 27.4 Å². The van der Waals surface area contributed by atoms with E-state index >= 15 is 0 Å². The maximum Gasteiger partial charge on any atom is 0.264 e. The van der Waals surface area contributed by atoms with Gasteiger partial charge in [0.05, 0.1) is 13.3 Å². The van der Waals surface area contributed by atoms with E-state index in [2.05, 4.69) is 19.6 Å². The molecule has 0 aliphatic heterocycles. The van der Waals surface area contributed by atoms with Crippen molar-refractivity contribution in [3.05, 3.63) is 11.5 Å². The van der Waals surface area contributed by atoms with Gasteiger partial charge in [0.1, 0.15) is 0 Å². The largest absolute Gasteiger partial charge is 0.520 e. The highest BCUT2D eigenvalue weighted by molar-refractivity contribution is 7.59. The molecule has 0 heterocycles. The van der Waals surface area contributed by atoms with Gasteiger partial charge in [-0.3, -0.25) is 10.1 Å². The highest BCUT2D eigenvalue weighted by Gasteiger charge is 2.24. The number of allylic oxidation sites excluding steroid dienone is 1. The predicted molar refractivity (Wildman–Crippen MR) is 74.5 cm³/mol. The Kier molecular flexibility index (Phi) is 5.94. The van der Waals surface area contributed by atoms with E-state index in [-0.39, 0.29) is 6.16 Å². The number of nitrogens with zero attached hydrogens (tertiary/aromatic N) is 1. The Morgan fingerprint density at radius 1 is 1.35 bits per heavy atom. The van der Waals surface area contributed by atoms with Crippen molar-refractivity contribution in [2.24, 2.45) is 5.50 Å². The van der Waals surface area contributed by atoms with Crippen molar-refractivity contribution in [3.63, 3.8) is 0 Å². The van der Waals surface area contributed by atoms with E-state index in [0.29, 0.717) is 5.95 Å². The van der Waals surface area contributed by atoms with Crippen molar-refractivity contribution < 1.29 is 13.7 Å². The van der Waals surface area contributed by atoms with Gasteiger partial charge < -0.3 is 9.16 Å². The molecule has 0 amide bonds. The molecule has 0 aromatic rings. The van der Waals surface area contributed by atoms with Crippen LogP contribution in [0.3, 0.4) is 0 Å². The average Bonchev–Trinajstić information content (AvgIpc) is 2.11. The molecule has 7 heteroatoms. The summed E-state index contributed by atoms with van der Waals surface area (Å²) in [7, 11) is 0.412. The molecule has 1 unspecified atom stereocenters. The normalized spacial score (nSPS) is 17.5. The van der Waals surface area contributed by atoms with Crippen molar-refractivity contribution in [1.82, 2.24) is 4.67 Å². The molecule has 0 rings (SSSR count). The molecule has 0 bridgehead atoms. The van der Waals surface area contributed by atoms with Crippen LogP contribution in [0, 0.1) is 0 Å². The minimum absolute atomic E-state index is 0.271. The molecule has 0 aromatic heterocycles. The van der Waals surface area contributed by atoms with Crippen molar-refractivity contribution >= 4 is 15.8 Å². The van der Waals surface area contributed by atoms with Gasteiger partial charge in [-0.2, -0.15) is 0 Å². The number of hydrogen-bond acceptors (Lipinski definition) is 3. The molecule has 17 heavy (non-hydrogen) atoms. The molecule has 2 N–H and O–H groups in total. The Bertz CT molecular complexity index is 337. The van der Waals surface area contributed by atoms with Gasteiger partial charge in [0.25, 0.3) is 5.95 Å². The fourth-order valence-corrected chi connectivity index (χ4v) is 3.03. The van der Waals surface area contributed by atoms with E-state index in [9.17, 15) is 4.57 Å². The van der Waals surface area contributed by atoms with Crippen LogP contribution in [0.15, 0.2) is 11.5 Å².